The van der Waals surface area contributed by atoms with Crippen molar-refractivity contribution in [1.82, 2.24) is 5.32 Å². The van der Waals surface area contributed by atoms with Gasteiger partial charge in [-0.1, -0.05) is 39.0 Å². The van der Waals surface area contributed by atoms with Crippen LogP contribution in [0.4, 0.5) is 5.69 Å². The number of para-hydroxylation sites is 1. The van der Waals surface area contributed by atoms with Gasteiger partial charge in [-0.25, -0.2) is 0 Å². The highest BCUT2D eigenvalue weighted by atomic mass is 16.1. The lowest BCUT2D eigenvalue weighted by molar-refractivity contribution is -0.114. The molecule has 2 N–H and O–H groups in total. The predicted molar refractivity (Wildman–Crippen MR) is 76.5 cm³/mol. The van der Waals surface area contributed by atoms with E-state index >= 15 is 0 Å². The Labute approximate surface area is 110 Å². The maximum atomic E-state index is 11.1. The monoisotopic (exact) mass is 248 g/mol. The summed E-state index contributed by atoms with van der Waals surface area (Å²) < 4.78 is 0. The maximum Gasteiger partial charge on any atom is 0.221 e. The van der Waals surface area contributed by atoms with E-state index in [1.54, 1.807) is 0 Å². The van der Waals surface area contributed by atoms with Crippen molar-refractivity contribution in [2.75, 3.05) is 11.9 Å². The Kier molecular flexibility index (Phi) is 5.35. The highest BCUT2D eigenvalue weighted by Gasteiger charge is 2.14. The lowest BCUT2D eigenvalue weighted by Gasteiger charge is -2.23. The minimum absolute atomic E-state index is 0.0312. The number of rotatable bonds is 6. The van der Waals surface area contributed by atoms with Gasteiger partial charge in [-0.05, 0) is 23.5 Å². The first-order valence-electron chi connectivity index (χ1n) is 6.51. The molecule has 0 atom stereocenters. The van der Waals surface area contributed by atoms with E-state index in [1.807, 2.05) is 24.3 Å². The summed E-state index contributed by atoms with van der Waals surface area (Å²) in [6.45, 7) is 9.98. The smallest absolute Gasteiger partial charge is 0.221 e. The van der Waals surface area contributed by atoms with Crippen molar-refractivity contribution in [3.63, 3.8) is 0 Å². The molecule has 1 amide bonds. The van der Waals surface area contributed by atoms with Gasteiger partial charge in [-0.2, -0.15) is 0 Å². The van der Waals surface area contributed by atoms with E-state index in [1.165, 1.54) is 6.92 Å². The van der Waals surface area contributed by atoms with Crippen LogP contribution < -0.4 is 10.6 Å². The molecule has 0 unspecified atom stereocenters. The Bertz CT molecular complexity index is 399. The van der Waals surface area contributed by atoms with Crippen molar-refractivity contribution >= 4 is 11.6 Å². The summed E-state index contributed by atoms with van der Waals surface area (Å²) in [5.74, 6) is -0.0312. The molecule has 1 aromatic rings. The summed E-state index contributed by atoms with van der Waals surface area (Å²) in [6.07, 6.45) is 1.15. The van der Waals surface area contributed by atoms with E-state index in [0.717, 1.165) is 30.8 Å². The first kappa shape index (κ1) is 14.7. The topological polar surface area (TPSA) is 41.1 Å². The molecule has 0 aliphatic heterocycles. The molecule has 3 heteroatoms. The second-order valence-corrected chi connectivity index (χ2v) is 5.46. The van der Waals surface area contributed by atoms with Crippen molar-refractivity contribution in [1.29, 1.82) is 0 Å². The van der Waals surface area contributed by atoms with Crippen LogP contribution in [0.3, 0.4) is 0 Å². The molecule has 0 saturated heterocycles. The third-order valence-electron chi connectivity index (χ3n) is 3.20. The average molecular weight is 248 g/mol. The molecule has 0 saturated carbocycles. The SMILES string of the molecule is CCC(C)(C)CNCc1ccccc1NC(C)=O. The molecule has 0 spiro atoms. The molecule has 0 aliphatic rings. The van der Waals surface area contributed by atoms with Crippen molar-refractivity contribution in [2.45, 2.75) is 40.7 Å². The zero-order chi connectivity index (χ0) is 13.6. The lowest BCUT2D eigenvalue weighted by Crippen LogP contribution is -2.28. The molecule has 0 aromatic heterocycles. The van der Waals surface area contributed by atoms with E-state index in [-0.39, 0.29) is 5.91 Å². The van der Waals surface area contributed by atoms with Gasteiger partial charge in [0.05, 0.1) is 0 Å². The third kappa shape index (κ3) is 4.88. The Morgan fingerprint density at radius 2 is 1.94 bits per heavy atom. The van der Waals surface area contributed by atoms with Gasteiger partial charge in [0.15, 0.2) is 0 Å². The number of nitrogens with one attached hydrogen (secondary N) is 2. The van der Waals surface area contributed by atoms with Gasteiger partial charge in [-0.3, -0.25) is 4.79 Å². The van der Waals surface area contributed by atoms with Crippen LogP contribution in [0.5, 0.6) is 0 Å². The second kappa shape index (κ2) is 6.55. The number of hydrogen-bond donors (Lipinski definition) is 2. The molecule has 1 aromatic carbocycles. The fourth-order valence-electron chi connectivity index (χ4n) is 1.65. The second-order valence-electron chi connectivity index (χ2n) is 5.46. The number of carbonyl (C=O) groups is 1. The summed E-state index contributed by atoms with van der Waals surface area (Å²) >= 11 is 0. The summed E-state index contributed by atoms with van der Waals surface area (Å²) in [6, 6.07) is 7.90. The summed E-state index contributed by atoms with van der Waals surface area (Å²) in [7, 11) is 0. The average Bonchev–Trinajstić information content (AvgIpc) is 2.30. The molecular weight excluding hydrogens is 224 g/mol. The highest BCUT2D eigenvalue weighted by Crippen LogP contribution is 2.19. The Morgan fingerprint density at radius 3 is 2.56 bits per heavy atom. The molecular formula is C15H24N2O. The molecule has 0 bridgehead atoms. The van der Waals surface area contributed by atoms with E-state index in [4.69, 9.17) is 0 Å². The Balaban J connectivity index is 2.59. The minimum atomic E-state index is -0.0312. The fraction of sp³-hybridized carbons (Fsp3) is 0.533. The molecule has 0 fully saturated rings. The molecule has 1 rings (SSSR count). The van der Waals surface area contributed by atoms with Crippen molar-refractivity contribution < 1.29 is 4.79 Å². The predicted octanol–water partition coefficient (Wildman–Crippen LogP) is 3.17. The van der Waals surface area contributed by atoms with Gasteiger partial charge >= 0.3 is 0 Å². The quantitative estimate of drug-likeness (QED) is 0.812. The van der Waals surface area contributed by atoms with E-state index in [2.05, 4.69) is 31.4 Å². The van der Waals surface area contributed by atoms with Crippen LogP contribution in [0.25, 0.3) is 0 Å². The van der Waals surface area contributed by atoms with Gasteiger partial charge in [0.25, 0.3) is 0 Å². The maximum absolute atomic E-state index is 11.1. The Hall–Kier alpha value is -1.35. The number of anilines is 1. The van der Waals surface area contributed by atoms with Gasteiger partial charge in [-0.15, -0.1) is 0 Å². The minimum Gasteiger partial charge on any atom is -0.326 e. The van der Waals surface area contributed by atoms with Crippen LogP contribution in [0.15, 0.2) is 24.3 Å². The number of hydrogen-bond acceptors (Lipinski definition) is 2. The lowest BCUT2D eigenvalue weighted by atomic mass is 9.90. The molecule has 3 nitrogen and oxygen atoms in total. The number of carbonyl (C=O) groups excluding carboxylic acids is 1. The third-order valence-corrected chi connectivity index (χ3v) is 3.20. The number of amides is 1. The summed E-state index contributed by atoms with van der Waals surface area (Å²) in [5.41, 5.74) is 2.33. The first-order chi connectivity index (χ1) is 8.44. The van der Waals surface area contributed by atoms with Crippen molar-refractivity contribution in [3.8, 4) is 0 Å². The molecule has 0 radical (unpaired) electrons. The summed E-state index contributed by atoms with van der Waals surface area (Å²) in [4.78, 5) is 11.1. The van der Waals surface area contributed by atoms with Crippen LogP contribution in [-0.2, 0) is 11.3 Å². The van der Waals surface area contributed by atoms with Crippen LogP contribution in [0.2, 0.25) is 0 Å². The summed E-state index contributed by atoms with van der Waals surface area (Å²) in [5, 5.41) is 6.31. The van der Waals surface area contributed by atoms with Crippen molar-refractivity contribution in [2.24, 2.45) is 5.41 Å². The van der Waals surface area contributed by atoms with Crippen LogP contribution in [0.1, 0.15) is 39.7 Å². The normalized spacial score (nSPS) is 11.3. The largest absolute Gasteiger partial charge is 0.326 e. The van der Waals surface area contributed by atoms with Crippen LogP contribution in [0, 0.1) is 5.41 Å². The standard InChI is InChI=1S/C15H24N2O/c1-5-15(3,4)11-16-10-13-8-6-7-9-14(13)17-12(2)18/h6-9,16H,5,10-11H2,1-4H3,(H,17,18). The van der Waals surface area contributed by atoms with Gasteiger partial charge in [0.2, 0.25) is 5.91 Å². The first-order valence-corrected chi connectivity index (χ1v) is 6.51. The zero-order valence-electron chi connectivity index (χ0n) is 11.8. The fourth-order valence-corrected chi connectivity index (χ4v) is 1.65. The van der Waals surface area contributed by atoms with E-state index < -0.39 is 0 Å². The molecule has 100 valence electrons. The zero-order valence-corrected chi connectivity index (χ0v) is 11.8. The molecule has 18 heavy (non-hydrogen) atoms. The van der Waals surface area contributed by atoms with Crippen LogP contribution in [-0.4, -0.2) is 12.5 Å². The van der Waals surface area contributed by atoms with E-state index in [0.29, 0.717) is 5.41 Å². The van der Waals surface area contributed by atoms with E-state index in [9.17, 15) is 4.79 Å². The van der Waals surface area contributed by atoms with Crippen LogP contribution >= 0.6 is 0 Å². The Morgan fingerprint density at radius 1 is 1.28 bits per heavy atom. The van der Waals surface area contributed by atoms with Gasteiger partial charge in [0.1, 0.15) is 0 Å². The molecule has 0 heterocycles. The van der Waals surface area contributed by atoms with Crippen molar-refractivity contribution in [3.05, 3.63) is 29.8 Å². The number of benzene rings is 1. The molecule has 0 aliphatic carbocycles. The highest BCUT2D eigenvalue weighted by molar-refractivity contribution is 5.89. The van der Waals surface area contributed by atoms with Gasteiger partial charge in [0, 0.05) is 25.7 Å². The van der Waals surface area contributed by atoms with Gasteiger partial charge < -0.3 is 10.6 Å².